The molecule has 2 amide bonds. The number of carbonyl (C=O) groups is 2. The van der Waals surface area contributed by atoms with Crippen LogP contribution in [0.1, 0.15) is 11.1 Å². The lowest BCUT2D eigenvalue weighted by atomic mass is 10.1. The average molecular weight is 499 g/mol. The zero-order valence-electron chi connectivity index (χ0n) is 16.8. The number of halogens is 2. The Morgan fingerprint density at radius 1 is 0.938 bits per heavy atom. The van der Waals surface area contributed by atoms with Gasteiger partial charge < -0.3 is 0 Å². The first-order chi connectivity index (χ1) is 15.3. The molecule has 0 aromatic heterocycles. The van der Waals surface area contributed by atoms with Gasteiger partial charge in [-0.2, -0.15) is 0 Å². The predicted molar refractivity (Wildman–Crippen MR) is 134 cm³/mol. The molecule has 0 radical (unpaired) electrons. The maximum atomic E-state index is 13.2. The first-order valence-corrected chi connectivity index (χ1v) is 11.5. The minimum atomic E-state index is -0.532. The Kier molecular flexibility index (Phi) is 6.67. The highest BCUT2D eigenvalue weighted by Gasteiger charge is 2.35. The van der Waals surface area contributed by atoms with Crippen molar-refractivity contribution in [1.29, 1.82) is 0 Å². The van der Waals surface area contributed by atoms with Crippen molar-refractivity contribution in [2.24, 2.45) is 0 Å². The van der Waals surface area contributed by atoms with Crippen LogP contribution < -0.4 is 10.2 Å². The molecule has 1 aliphatic heterocycles. The van der Waals surface area contributed by atoms with Crippen molar-refractivity contribution in [2.75, 3.05) is 4.90 Å². The van der Waals surface area contributed by atoms with E-state index in [-0.39, 0.29) is 10.7 Å². The molecule has 8 heteroatoms. The number of rotatable bonds is 4. The summed E-state index contributed by atoms with van der Waals surface area (Å²) in [6.45, 7) is 1.80. The molecule has 1 aliphatic rings. The van der Waals surface area contributed by atoms with Gasteiger partial charge in [-0.3, -0.25) is 19.8 Å². The molecule has 3 aromatic carbocycles. The Bertz CT molecular complexity index is 1260. The van der Waals surface area contributed by atoms with Crippen LogP contribution in [0, 0.1) is 6.92 Å². The van der Waals surface area contributed by atoms with Crippen molar-refractivity contribution in [3.63, 3.8) is 0 Å². The zero-order valence-corrected chi connectivity index (χ0v) is 19.9. The smallest absolute Gasteiger partial charge is 0.270 e. The van der Waals surface area contributed by atoms with Gasteiger partial charge in [0.25, 0.3) is 11.8 Å². The number of thiocarbonyl (C=S) groups is 1. The standard InChI is InChI=1S/C24H16Cl2N2O2S2/c1-14-20(26)3-2-4-21(14)28-23(30)19(22(29)27-24(28)31)13-15-5-9-17(10-6-15)32-18-11-7-16(25)8-12-18/h2-13H,1H3,(H,27,29,31)/b19-13+. The highest BCUT2D eigenvalue weighted by atomic mass is 35.5. The van der Waals surface area contributed by atoms with Crippen molar-refractivity contribution in [3.05, 3.63) is 93.5 Å². The lowest BCUT2D eigenvalue weighted by molar-refractivity contribution is -0.122. The molecule has 1 saturated heterocycles. The molecule has 1 heterocycles. The van der Waals surface area contributed by atoms with E-state index in [0.717, 1.165) is 15.4 Å². The van der Waals surface area contributed by atoms with Crippen LogP contribution in [0.3, 0.4) is 0 Å². The van der Waals surface area contributed by atoms with Gasteiger partial charge >= 0.3 is 0 Å². The molecular weight excluding hydrogens is 483 g/mol. The van der Waals surface area contributed by atoms with E-state index < -0.39 is 11.8 Å². The average Bonchev–Trinajstić information content (AvgIpc) is 2.77. The number of hydrogen-bond acceptors (Lipinski definition) is 4. The Hall–Kier alpha value is -2.64. The maximum absolute atomic E-state index is 13.2. The Morgan fingerprint density at radius 2 is 1.56 bits per heavy atom. The van der Waals surface area contributed by atoms with Crippen LogP contribution in [0.25, 0.3) is 6.08 Å². The van der Waals surface area contributed by atoms with Gasteiger partial charge in [0.05, 0.1) is 5.69 Å². The van der Waals surface area contributed by atoms with Crippen molar-refractivity contribution in [1.82, 2.24) is 5.32 Å². The lowest BCUT2D eigenvalue weighted by Gasteiger charge is -2.30. The summed E-state index contributed by atoms with van der Waals surface area (Å²) in [5.74, 6) is -1.03. The van der Waals surface area contributed by atoms with Gasteiger partial charge in [-0.15, -0.1) is 0 Å². The second-order valence-electron chi connectivity index (χ2n) is 6.97. The molecule has 4 rings (SSSR count). The van der Waals surface area contributed by atoms with E-state index in [4.69, 9.17) is 35.4 Å². The molecular formula is C24H16Cl2N2O2S2. The summed E-state index contributed by atoms with van der Waals surface area (Å²) in [5, 5.41) is 3.82. The molecule has 0 aliphatic carbocycles. The summed E-state index contributed by atoms with van der Waals surface area (Å²) in [7, 11) is 0. The largest absolute Gasteiger partial charge is 0.298 e. The molecule has 160 valence electrons. The van der Waals surface area contributed by atoms with Crippen LogP contribution in [0.5, 0.6) is 0 Å². The van der Waals surface area contributed by atoms with E-state index in [0.29, 0.717) is 21.3 Å². The van der Waals surface area contributed by atoms with E-state index in [9.17, 15) is 9.59 Å². The molecule has 0 bridgehead atoms. The normalized spacial score (nSPS) is 15.3. The molecule has 32 heavy (non-hydrogen) atoms. The van der Waals surface area contributed by atoms with Crippen molar-refractivity contribution >= 4 is 75.9 Å². The third kappa shape index (κ3) is 4.74. The highest BCUT2D eigenvalue weighted by molar-refractivity contribution is 7.99. The van der Waals surface area contributed by atoms with Gasteiger partial charge in [-0.1, -0.05) is 53.2 Å². The molecule has 1 fully saturated rings. The van der Waals surface area contributed by atoms with E-state index in [1.165, 1.54) is 4.90 Å². The Balaban J connectivity index is 1.60. The summed E-state index contributed by atoms with van der Waals surface area (Å²) in [6.07, 6.45) is 1.56. The van der Waals surface area contributed by atoms with E-state index in [2.05, 4.69) is 5.32 Å². The SMILES string of the molecule is Cc1c(Cl)cccc1N1C(=O)/C(=C/c2ccc(Sc3ccc(Cl)cc3)cc2)C(=O)NC1=S. The molecule has 4 nitrogen and oxygen atoms in total. The monoisotopic (exact) mass is 498 g/mol. The minimum Gasteiger partial charge on any atom is -0.298 e. The fourth-order valence-corrected chi connectivity index (χ4v) is 4.54. The van der Waals surface area contributed by atoms with Crippen LogP contribution in [-0.2, 0) is 9.59 Å². The van der Waals surface area contributed by atoms with Gasteiger partial charge in [0.1, 0.15) is 5.57 Å². The number of hydrogen-bond donors (Lipinski definition) is 1. The predicted octanol–water partition coefficient (Wildman–Crippen LogP) is 6.28. The Labute approximate surface area is 205 Å². The summed E-state index contributed by atoms with van der Waals surface area (Å²) in [5.41, 5.74) is 1.95. The minimum absolute atomic E-state index is 0.00363. The van der Waals surface area contributed by atoms with Crippen molar-refractivity contribution in [2.45, 2.75) is 16.7 Å². The second-order valence-corrected chi connectivity index (χ2v) is 9.34. The summed E-state index contributed by atoms with van der Waals surface area (Å²) >= 11 is 19.0. The first kappa shape index (κ1) is 22.6. The molecule has 0 spiro atoms. The van der Waals surface area contributed by atoms with Crippen LogP contribution >= 0.6 is 47.2 Å². The van der Waals surface area contributed by atoms with E-state index in [1.54, 1.807) is 43.0 Å². The van der Waals surface area contributed by atoms with Crippen LogP contribution in [0.15, 0.2) is 82.1 Å². The fourth-order valence-electron chi connectivity index (χ4n) is 3.15. The molecule has 0 saturated carbocycles. The molecule has 0 atom stereocenters. The molecule has 0 unspecified atom stereocenters. The van der Waals surface area contributed by atoms with Gasteiger partial charge in [0.2, 0.25) is 0 Å². The number of carbonyl (C=O) groups excluding carboxylic acids is 2. The molecule has 1 N–H and O–H groups in total. The quantitative estimate of drug-likeness (QED) is 0.261. The number of benzene rings is 3. The highest BCUT2D eigenvalue weighted by Crippen LogP contribution is 2.31. The van der Waals surface area contributed by atoms with Crippen LogP contribution in [-0.4, -0.2) is 16.9 Å². The van der Waals surface area contributed by atoms with Crippen LogP contribution in [0.4, 0.5) is 5.69 Å². The fraction of sp³-hybridized carbons (Fsp3) is 0.0417. The topological polar surface area (TPSA) is 49.4 Å². The van der Waals surface area contributed by atoms with Crippen molar-refractivity contribution in [3.8, 4) is 0 Å². The van der Waals surface area contributed by atoms with Gasteiger partial charge in [0.15, 0.2) is 5.11 Å². The van der Waals surface area contributed by atoms with Gasteiger partial charge in [-0.25, -0.2) is 0 Å². The van der Waals surface area contributed by atoms with Gasteiger partial charge in [0, 0.05) is 19.8 Å². The molecule has 3 aromatic rings. The summed E-state index contributed by atoms with van der Waals surface area (Å²) in [4.78, 5) is 29.1. The Morgan fingerprint density at radius 3 is 2.22 bits per heavy atom. The number of nitrogens with zero attached hydrogens (tertiary/aromatic N) is 1. The number of nitrogens with one attached hydrogen (secondary N) is 1. The second kappa shape index (κ2) is 9.46. The third-order valence-electron chi connectivity index (χ3n) is 4.82. The number of anilines is 1. The summed E-state index contributed by atoms with van der Waals surface area (Å²) in [6, 6.07) is 20.4. The first-order valence-electron chi connectivity index (χ1n) is 9.53. The zero-order chi connectivity index (χ0) is 22.8. The van der Waals surface area contributed by atoms with E-state index in [1.807, 2.05) is 48.5 Å². The van der Waals surface area contributed by atoms with Crippen molar-refractivity contribution < 1.29 is 9.59 Å². The van der Waals surface area contributed by atoms with Crippen LogP contribution in [0.2, 0.25) is 10.0 Å². The third-order valence-corrected chi connectivity index (χ3v) is 6.78. The maximum Gasteiger partial charge on any atom is 0.270 e. The van der Waals surface area contributed by atoms with E-state index >= 15 is 0 Å². The number of amides is 2. The van der Waals surface area contributed by atoms with Gasteiger partial charge in [-0.05, 0) is 84.9 Å². The lowest BCUT2D eigenvalue weighted by Crippen LogP contribution is -2.54. The summed E-state index contributed by atoms with van der Waals surface area (Å²) < 4.78 is 0.